The number of furan rings is 1. The predicted molar refractivity (Wildman–Crippen MR) is 260 cm³/mol. The minimum absolute atomic E-state index is 0.874. The number of benzene rings is 10. The molecule has 0 saturated heterocycles. The van der Waals surface area contributed by atoms with Gasteiger partial charge < -0.3 is 9.32 Å². The van der Waals surface area contributed by atoms with Gasteiger partial charge in [-0.05, 0) is 111 Å². The molecule has 60 heavy (non-hydrogen) atoms. The molecule has 3 heterocycles. The Kier molecular flexibility index (Phi) is 7.38. The Morgan fingerprint density at radius 3 is 1.70 bits per heavy atom. The zero-order chi connectivity index (χ0) is 39.3. The third kappa shape index (κ3) is 5.18. The van der Waals surface area contributed by atoms with Crippen LogP contribution in [0.15, 0.2) is 205 Å². The topological polar surface area (TPSA) is 16.4 Å². The summed E-state index contributed by atoms with van der Waals surface area (Å²) in [6.07, 6.45) is 0. The average molecular weight is 800 g/mol. The van der Waals surface area contributed by atoms with E-state index < -0.39 is 0 Å². The highest BCUT2D eigenvalue weighted by atomic mass is 32.1. The molecule has 280 valence electrons. The molecule has 10 aromatic carbocycles. The largest absolute Gasteiger partial charge is 0.456 e. The predicted octanol–water partition coefficient (Wildman–Crippen LogP) is 17.4. The number of nitrogens with zero attached hydrogens (tertiary/aromatic N) is 1. The molecular formula is C56H33NOS2. The van der Waals surface area contributed by atoms with E-state index in [9.17, 15) is 0 Å². The van der Waals surface area contributed by atoms with Crippen LogP contribution in [0.4, 0.5) is 17.1 Å². The summed E-state index contributed by atoms with van der Waals surface area (Å²) in [6, 6.07) is 73.1. The van der Waals surface area contributed by atoms with Crippen molar-refractivity contribution in [1.82, 2.24) is 0 Å². The lowest BCUT2D eigenvalue weighted by molar-refractivity contribution is 0.669. The number of anilines is 3. The Morgan fingerprint density at radius 1 is 0.317 bits per heavy atom. The quantitative estimate of drug-likeness (QED) is 0.172. The van der Waals surface area contributed by atoms with E-state index >= 15 is 0 Å². The van der Waals surface area contributed by atoms with Crippen molar-refractivity contribution in [3.8, 4) is 22.3 Å². The first kappa shape index (κ1) is 33.7. The average Bonchev–Trinajstić information content (AvgIpc) is 4.00. The van der Waals surface area contributed by atoms with E-state index in [-0.39, 0.29) is 0 Å². The van der Waals surface area contributed by atoms with E-state index in [0.29, 0.717) is 0 Å². The zero-order valence-electron chi connectivity index (χ0n) is 32.2. The van der Waals surface area contributed by atoms with Gasteiger partial charge in [-0.15, -0.1) is 22.7 Å². The third-order valence-corrected chi connectivity index (χ3v) is 14.5. The summed E-state index contributed by atoms with van der Waals surface area (Å²) in [6.45, 7) is 0. The van der Waals surface area contributed by atoms with Gasteiger partial charge in [0.1, 0.15) is 11.2 Å². The Morgan fingerprint density at radius 2 is 0.900 bits per heavy atom. The molecule has 0 aliphatic heterocycles. The Labute approximate surface area is 353 Å². The first-order chi connectivity index (χ1) is 29.7. The molecule has 0 unspecified atom stereocenters. The van der Waals surface area contributed by atoms with Crippen molar-refractivity contribution in [1.29, 1.82) is 0 Å². The van der Waals surface area contributed by atoms with Gasteiger partial charge in [-0.1, -0.05) is 121 Å². The van der Waals surface area contributed by atoms with Crippen LogP contribution in [-0.2, 0) is 0 Å². The lowest BCUT2D eigenvalue weighted by Crippen LogP contribution is -2.09. The molecule has 0 amide bonds. The first-order valence-electron chi connectivity index (χ1n) is 20.3. The van der Waals surface area contributed by atoms with Crippen LogP contribution >= 0.6 is 22.7 Å². The van der Waals surface area contributed by atoms with E-state index in [1.54, 1.807) is 0 Å². The molecular weight excluding hydrogens is 767 g/mol. The van der Waals surface area contributed by atoms with E-state index in [0.717, 1.165) is 39.0 Å². The van der Waals surface area contributed by atoms with Crippen molar-refractivity contribution in [2.45, 2.75) is 0 Å². The second kappa shape index (κ2) is 13.1. The van der Waals surface area contributed by atoms with Crippen molar-refractivity contribution >= 4 is 124 Å². The summed E-state index contributed by atoms with van der Waals surface area (Å²) >= 11 is 3.78. The van der Waals surface area contributed by atoms with Gasteiger partial charge in [0, 0.05) is 79.6 Å². The van der Waals surface area contributed by atoms with Crippen molar-refractivity contribution in [2.75, 3.05) is 4.90 Å². The van der Waals surface area contributed by atoms with Crippen molar-refractivity contribution in [3.05, 3.63) is 200 Å². The number of hydrogen-bond acceptors (Lipinski definition) is 4. The molecule has 13 rings (SSSR count). The lowest BCUT2D eigenvalue weighted by Gasteiger charge is -2.26. The number of thiophene rings is 2. The van der Waals surface area contributed by atoms with Gasteiger partial charge in [0.2, 0.25) is 0 Å². The maximum Gasteiger partial charge on any atom is 0.137 e. The van der Waals surface area contributed by atoms with E-state index in [1.165, 1.54) is 84.1 Å². The second-order valence-corrected chi connectivity index (χ2v) is 17.8. The molecule has 2 nitrogen and oxygen atoms in total. The van der Waals surface area contributed by atoms with Crippen molar-refractivity contribution < 1.29 is 4.42 Å². The Hall–Kier alpha value is -7.24. The maximum absolute atomic E-state index is 6.41. The molecule has 0 atom stereocenters. The minimum atomic E-state index is 0.874. The fourth-order valence-corrected chi connectivity index (χ4v) is 11.7. The van der Waals surface area contributed by atoms with Crippen LogP contribution in [-0.4, -0.2) is 0 Å². The molecule has 0 fully saturated rings. The molecule has 0 aliphatic carbocycles. The van der Waals surface area contributed by atoms with Crippen LogP contribution in [0.2, 0.25) is 0 Å². The standard InChI is InChI=1S/C56H33NOS2/c1-2-10-42-35(8-1)9-7-13-43(42)36-18-25-40(26-19-36)57(41-27-28-45-44-11-3-5-14-48(44)58-49(45)33-41)39-23-16-34(17-24-39)38-22-29-51-47(32-38)56-53(60-51)31-21-37-20-30-52-55(54(37)56)46-12-4-6-15-50(46)59-52/h1-33H. The zero-order valence-corrected chi connectivity index (χ0v) is 33.9. The van der Waals surface area contributed by atoms with Crippen LogP contribution in [0, 0.1) is 0 Å². The molecule has 3 aromatic heterocycles. The van der Waals surface area contributed by atoms with Gasteiger partial charge in [0.05, 0.1) is 0 Å². The van der Waals surface area contributed by atoms with E-state index in [1.807, 2.05) is 34.8 Å². The number of fused-ring (bicyclic) bond motifs is 13. The Balaban J connectivity index is 0.938. The SMILES string of the molecule is c1ccc2c(-c3ccc(N(c4ccc(-c5ccc6sc7ccc8ccc9sc%10ccccc%10c9c8c7c6c5)cc4)c4ccc5c(c4)oc4ccccc45)cc3)cccc2c1. The highest BCUT2D eigenvalue weighted by molar-refractivity contribution is 7.27. The number of hydrogen-bond donors (Lipinski definition) is 0. The van der Waals surface area contributed by atoms with E-state index in [2.05, 4.69) is 193 Å². The fourth-order valence-electron chi connectivity index (χ4n) is 9.45. The highest BCUT2D eigenvalue weighted by Crippen LogP contribution is 2.47. The molecule has 4 heteroatoms. The molecule has 0 radical (unpaired) electrons. The summed E-state index contributed by atoms with van der Waals surface area (Å²) < 4.78 is 11.7. The molecule has 0 saturated carbocycles. The summed E-state index contributed by atoms with van der Waals surface area (Å²) in [7, 11) is 0. The van der Waals surface area contributed by atoms with Crippen molar-refractivity contribution in [3.63, 3.8) is 0 Å². The van der Waals surface area contributed by atoms with Crippen LogP contribution < -0.4 is 4.90 Å². The monoisotopic (exact) mass is 799 g/mol. The molecule has 0 spiro atoms. The summed E-state index contributed by atoms with van der Waals surface area (Å²) in [5.41, 5.74) is 9.78. The lowest BCUT2D eigenvalue weighted by atomic mass is 9.97. The van der Waals surface area contributed by atoms with Gasteiger partial charge in [-0.3, -0.25) is 0 Å². The molecule has 13 aromatic rings. The Bertz CT molecular complexity index is 3820. The third-order valence-electron chi connectivity index (χ3n) is 12.3. The molecule has 0 N–H and O–H groups in total. The van der Waals surface area contributed by atoms with Gasteiger partial charge >= 0.3 is 0 Å². The van der Waals surface area contributed by atoms with E-state index in [4.69, 9.17) is 4.42 Å². The number of para-hydroxylation sites is 1. The minimum Gasteiger partial charge on any atom is -0.456 e. The smallest absolute Gasteiger partial charge is 0.137 e. The highest BCUT2D eigenvalue weighted by Gasteiger charge is 2.18. The van der Waals surface area contributed by atoms with Crippen LogP contribution in [0.5, 0.6) is 0 Å². The summed E-state index contributed by atoms with van der Waals surface area (Å²) in [5, 5.41) is 12.8. The summed E-state index contributed by atoms with van der Waals surface area (Å²) in [4.78, 5) is 2.33. The molecule has 0 bridgehead atoms. The number of rotatable bonds is 5. The van der Waals surface area contributed by atoms with Crippen LogP contribution in [0.3, 0.4) is 0 Å². The van der Waals surface area contributed by atoms with Gasteiger partial charge in [-0.25, -0.2) is 0 Å². The molecule has 0 aliphatic rings. The van der Waals surface area contributed by atoms with Crippen molar-refractivity contribution in [2.24, 2.45) is 0 Å². The van der Waals surface area contributed by atoms with Gasteiger partial charge in [-0.2, -0.15) is 0 Å². The fraction of sp³-hybridized carbons (Fsp3) is 0. The first-order valence-corrected chi connectivity index (χ1v) is 21.9. The van der Waals surface area contributed by atoms with Gasteiger partial charge in [0.25, 0.3) is 0 Å². The van der Waals surface area contributed by atoms with Gasteiger partial charge in [0.15, 0.2) is 0 Å². The normalized spacial score (nSPS) is 12.0. The second-order valence-electron chi connectivity index (χ2n) is 15.6. The summed E-state index contributed by atoms with van der Waals surface area (Å²) in [5.74, 6) is 0. The van der Waals surface area contributed by atoms with Crippen LogP contribution in [0.25, 0.3) is 106 Å². The maximum atomic E-state index is 6.41. The van der Waals surface area contributed by atoms with Crippen LogP contribution in [0.1, 0.15) is 0 Å².